The number of hydrogen-bond donors (Lipinski definition) is 3. The third-order valence-electron chi connectivity index (χ3n) is 5.09. The highest BCUT2D eigenvalue weighted by molar-refractivity contribution is 5.75. The fraction of sp³-hybridized carbons (Fsp3) is 0.857. The van der Waals surface area contributed by atoms with Gasteiger partial charge in [-0.25, -0.2) is 4.79 Å². The highest BCUT2D eigenvalue weighted by Gasteiger charge is 2.36. The van der Waals surface area contributed by atoms with Crippen LogP contribution in [0.4, 0.5) is 4.79 Å². The zero-order valence-electron chi connectivity index (χ0n) is 11.7. The Morgan fingerprint density at radius 1 is 1.05 bits per heavy atom. The van der Waals surface area contributed by atoms with E-state index in [2.05, 4.69) is 15.5 Å². The van der Waals surface area contributed by atoms with Gasteiger partial charge in [0.05, 0.1) is 5.92 Å². The summed E-state index contributed by atoms with van der Waals surface area (Å²) in [5, 5.41) is 15.0. The summed E-state index contributed by atoms with van der Waals surface area (Å²) in [6.45, 7) is 3.28. The minimum atomic E-state index is -0.743. The zero-order chi connectivity index (χ0) is 14.1. The second-order valence-corrected chi connectivity index (χ2v) is 6.41. The zero-order valence-corrected chi connectivity index (χ0v) is 11.7. The Labute approximate surface area is 118 Å². The van der Waals surface area contributed by atoms with E-state index in [1.54, 1.807) is 0 Å². The number of nitrogens with zero attached hydrogens (tertiary/aromatic N) is 1. The standard InChI is InChI=1S/C14H23N3O3/c18-13(19)10-1-2-11(7-10)15-14(20)16-12-8-17-5-3-9(12)4-6-17/h9-12H,1-8H2,(H,18,19)(H2,15,16,20)/t10-,11+,12?/m1/s1. The molecule has 6 nitrogen and oxygen atoms in total. The van der Waals surface area contributed by atoms with E-state index in [1.807, 2.05) is 0 Å². The minimum absolute atomic E-state index is 0.0113. The fourth-order valence-electron chi connectivity index (χ4n) is 3.86. The largest absolute Gasteiger partial charge is 0.481 e. The van der Waals surface area contributed by atoms with Gasteiger partial charge in [-0.1, -0.05) is 0 Å². The molecule has 1 aliphatic carbocycles. The van der Waals surface area contributed by atoms with Crippen LogP contribution in [0.25, 0.3) is 0 Å². The summed E-state index contributed by atoms with van der Waals surface area (Å²) in [5.41, 5.74) is 0. The molecule has 4 fully saturated rings. The summed E-state index contributed by atoms with van der Waals surface area (Å²) in [7, 11) is 0. The van der Waals surface area contributed by atoms with Crippen molar-refractivity contribution in [2.45, 2.75) is 44.2 Å². The van der Waals surface area contributed by atoms with E-state index < -0.39 is 5.97 Å². The minimum Gasteiger partial charge on any atom is -0.481 e. The highest BCUT2D eigenvalue weighted by Crippen LogP contribution is 2.28. The third-order valence-corrected chi connectivity index (χ3v) is 5.09. The topological polar surface area (TPSA) is 81.7 Å². The van der Waals surface area contributed by atoms with Crippen LogP contribution in [0.5, 0.6) is 0 Å². The number of carbonyl (C=O) groups excluding carboxylic acids is 1. The molecule has 1 unspecified atom stereocenters. The van der Waals surface area contributed by atoms with E-state index in [4.69, 9.17) is 5.11 Å². The smallest absolute Gasteiger partial charge is 0.315 e. The normalized spacial score (nSPS) is 39.5. The van der Waals surface area contributed by atoms with Crippen molar-refractivity contribution in [2.24, 2.45) is 11.8 Å². The summed E-state index contributed by atoms with van der Waals surface area (Å²) in [6, 6.07) is 0.145. The first kappa shape index (κ1) is 13.7. The van der Waals surface area contributed by atoms with Crippen LogP contribution in [0.1, 0.15) is 32.1 Å². The molecule has 112 valence electrons. The number of nitrogens with one attached hydrogen (secondary N) is 2. The van der Waals surface area contributed by atoms with Crippen LogP contribution in [0.15, 0.2) is 0 Å². The van der Waals surface area contributed by atoms with Crippen LogP contribution in [0.3, 0.4) is 0 Å². The molecule has 1 saturated carbocycles. The molecule has 2 bridgehead atoms. The number of carbonyl (C=O) groups is 2. The molecular weight excluding hydrogens is 258 g/mol. The van der Waals surface area contributed by atoms with Crippen molar-refractivity contribution >= 4 is 12.0 Å². The Hall–Kier alpha value is -1.30. The molecule has 20 heavy (non-hydrogen) atoms. The number of amides is 2. The molecule has 4 rings (SSSR count). The molecule has 0 radical (unpaired) electrons. The molecular formula is C14H23N3O3. The van der Waals surface area contributed by atoms with Crippen LogP contribution in [0, 0.1) is 11.8 Å². The molecule has 3 heterocycles. The SMILES string of the molecule is O=C(NC1CN2CCC1CC2)N[C@H]1CC[C@@H](C(=O)O)C1. The number of fused-ring (bicyclic) bond motifs is 3. The van der Waals surface area contributed by atoms with Crippen molar-refractivity contribution in [2.75, 3.05) is 19.6 Å². The second-order valence-electron chi connectivity index (χ2n) is 6.41. The molecule has 0 aromatic heterocycles. The molecule has 0 aromatic carbocycles. The predicted molar refractivity (Wildman–Crippen MR) is 73.4 cm³/mol. The van der Waals surface area contributed by atoms with E-state index >= 15 is 0 Å². The van der Waals surface area contributed by atoms with Gasteiger partial charge in [0.1, 0.15) is 0 Å². The van der Waals surface area contributed by atoms with Gasteiger partial charge < -0.3 is 20.6 Å². The van der Waals surface area contributed by atoms with Gasteiger partial charge in [-0.2, -0.15) is 0 Å². The van der Waals surface area contributed by atoms with Gasteiger partial charge in [0.15, 0.2) is 0 Å². The molecule has 4 aliphatic rings. The average molecular weight is 281 g/mol. The Kier molecular flexibility index (Phi) is 3.83. The van der Waals surface area contributed by atoms with Gasteiger partial charge in [0, 0.05) is 18.6 Å². The molecule has 0 spiro atoms. The lowest BCUT2D eigenvalue weighted by Gasteiger charge is -2.44. The van der Waals surface area contributed by atoms with Crippen molar-refractivity contribution < 1.29 is 14.7 Å². The molecule has 0 aromatic rings. The number of aliphatic carboxylic acids is 1. The van der Waals surface area contributed by atoms with Gasteiger partial charge in [0.2, 0.25) is 0 Å². The quantitative estimate of drug-likeness (QED) is 0.709. The number of urea groups is 1. The fourth-order valence-corrected chi connectivity index (χ4v) is 3.86. The van der Waals surface area contributed by atoms with Crippen LogP contribution < -0.4 is 10.6 Å². The first-order valence-electron chi connectivity index (χ1n) is 7.64. The lowest BCUT2D eigenvalue weighted by atomic mass is 9.84. The molecule has 3 saturated heterocycles. The van der Waals surface area contributed by atoms with Gasteiger partial charge in [-0.3, -0.25) is 4.79 Å². The van der Waals surface area contributed by atoms with Crippen LogP contribution in [-0.2, 0) is 4.79 Å². The van der Waals surface area contributed by atoms with E-state index in [0.29, 0.717) is 18.8 Å². The monoisotopic (exact) mass is 281 g/mol. The van der Waals surface area contributed by atoms with Crippen molar-refractivity contribution in [1.82, 2.24) is 15.5 Å². The van der Waals surface area contributed by atoms with Crippen molar-refractivity contribution in [1.29, 1.82) is 0 Å². The van der Waals surface area contributed by atoms with Crippen LogP contribution >= 0.6 is 0 Å². The second kappa shape index (κ2) is 5.60. The maximum Gasteiger partial charge on any atom is 0.315 e. The van der Waals surface area contributed by atoms with Gasteiger partial charge in [-0.05, 0) is 51.1 Å². The number of carboxylic acid groups (broad SMARTS) is 1. The summed E-state index contributed by atoms with van der Waals surface area (Å²) < 4.78 is 0. The summed E-state index contributed by atoms with van der Waals surface area (Å²) in [6.07, 6.45) is 4.35. The Balaban J connectivity index is 1.45. The Bertz CT molecular complexity index is 393. The summed E-state index contributed by atoms with van der Waals surface area (Å²) >= 11 is 0. The summed E-state index contributed by atoms with van der Waals surface area (Å²) in [5.74, 6) is -0.426. The highest BCUT2D eigenvalue weighted by atomic mass is 16.4. The van der Waals surface area contributed by atoms with Crippen molar-refractivity contribution in [3.8, 4) is 0 Å². The van der Waals surface area contributed by atoms with Gasteiger partial charge in [0.25, 0.3) is 0 Å². The van der Waals surface area contributed by atoms with Crippen molar-refractivity contribution in [3.63, 3.8) is 0 Å². The van der Waals surface area contributed by atoms with E-state index in [1.165, 1.54) is 12.8 Å². The molecule has 2 amide bonds. The number of hydrogen-bond acceptors (Lipinski definition) is 3. The van der Waals surface area contributed by atoms with E-state index in [-0.39, 0.29) is 24.0 Å². The van der Waals surface area contributed by atoms with Gasteiger partial charge >= 0.3 is 12.0 Å². The van der Waals surface area contributed by atoms with Crippen LogP contribution in [-0.4, -0.2) is 53.7 Å². The Morgan fingerprint density at radius 3 is 2.35 bits per heavy atom. The molecule has 3 N–H and O–H groups in total. The lowest BCUT2D eigenvalue weighted by Crippen LogP contribution is -2.59. The first-order chi connectivity index (χ1) is 9.61. The Morgan fingerprint density at radius 2 is 1.80 bits per heavy atom. The van der Waals surface area contributed by atoms with Crippen LogP contribution in [0.2, 0.25) is 0 Å². The molecule has 3 aliphatic heterocycles. The first-order valence-corrected chi connectivity index (χ1v) is 7.64. The molecule has 3 atom stereocenters. The van der Waals surface area contributed by atoms with E-state index in [0.717, 1.165) is 26.1 Å². The number of rotatable bonds is 3. The summed E-state index contributed by atoms with van der Waals surface area (Å²) in [4.78, 5) is 25.3. The lowest BCUT2D eigenvalue weighted by molar-refractivity contribution is -0.141. The maximum absolute atomic E-state index is 12.0. The van der Waals surface area contributed by atoms with Gasteiger partial charge in [-0.15, -0.1) is 0 Å². The molecule has 6 heteroatoms. The number of carboxylic acids is 1. The third kappa shape index (κ3) is 2.90. The number of piperidine rings is 3. The average Bonchev–Trinajstić information content (AvgIpc) is 2.88. The van der Waals surface area contributed by atoms with Crippen molar-refractivity contribution in [3.05, 3.63) is 0 Å². The maximum atomic E-state index is 12.0. The van der Waals surface area contributed by atoms with E-state index in [9.17, 15) is 9.59 Å². The predicted octanol–water partition coefficient (Wildman–Crippen LogP) is 0.633.